The highest BCUT2D eigenvalue weighted by molar-refractivity contribution is 7.99. The summed E-state index contributed by atoms with van der Waals surface area (Å²) >= 11 is 1.99. The molecule has 1 saturated heterocycles. The minimum absolute atomic E-state index is 0.0832. The summed E-state index contributed by atoms with van der Waals surface area (Å²) in [5.74, 6) is 2.04. The van der Waals surface area contributed by atoms with Crippen LogP contribution in [0.25, 0.3) is 0 Å². The van der Waals surface area contributed by atoms with Gasteiger partial charge in [-0.1, -0.05) is 45.0 Å². The molecule has 1 aliphatic rings. The summed E-state index contributed by atoms with van der Waals surface area (Å²) in [5.41, 5.74) is 2.59. The maximum Gasteiger partial charge on any atom is 0.255 e. The zero-order valence-electron chi connectivity index (χ0n) is 17.3. The molecule has 0 atom stereocenters. The van der Waals surface area contributed by atoms with Crippen LogP contribution in [0, 0.1) is 5.41 Å². The fraction of sp³-hybridized carbons (Fsp3) is 0.391. The quantitative estimate of drug-likeness (QED) is 0.762. The van der Waals surface area contributed by atoms with Crippen LogP contribution >= 0.6 is 11.8 Å². The Kier molecular flexibility index (Phi) is 6.98. The Morgan fingerprint density at radius 2 is 1.72 bits per heavy atom. The van der Waals surface area contributed by atoms with E-state index in [0.29, 0.717) is 11.3 Å². The largest absolute Gasteiger partial charge is 0.326 e. The van der Waals surface area contributed by atoms with Crippen LogP contribution in [0.15, 0.2) is 48.5 Å². The molecule has 154 valence electrons. The SMILES string of the molecule is CC(C)(C)C(=O)Nc1cccc(C(=O)Nc2ccccc2CN2CCSCC2)c1. The number of rotatable bonds is 5. The number of para-hydroxylation sites is 1. The summed E-state index contributed by atoms with van der Waals surface area (Å²) in [6.07, 6.45) is 0. The first-order valence-electron chi connectivity index (χ1n) is 9.94. The molecule has 1 fully saturated rings. The van der Waals surface area contributed by atoms with Gasteiger partial charge < -0.3 is 10.6 Å². The van der Waals surface area contributed by atoms with Gasteiger partial charge in [0, 0.05) is 53.5 Å². The van der Waals surface area contributed by atoms with Gasteiger partial charge in [-0.15, -0.1) is 0 Å². The van der Waals surface area contributed by atoms with Crippen LogP contribution in [-0.2, 0) is 11.3 Å². The van der Waals surface area contributed by atoms with Crippen LogP contribution < -0.4 is 10.6 Å². The first kappa shape index (κ1) is 21.4. The fourth-order valence-electron chi connectivity index (χ4n) is 3.03. The molecule has 0 spiro atoms. The van der Waals surface area contributed by atoms with Gasteiger partial charge in [-0.05, 0) is 29.8 Å². The Labute approximate surface area is 177 Å². The number of carbonyl (C=O) groups is 2. The standard InChI is InChI=1S/C23H29N3O2S/c1-23(2,3)22(28)24-19-9-6-8-17(15-19)21(27)25-20-10-5-4-7-18(20)16-26-11-13-29-14-12-26/h4-10,15H,11-14,16H2,1-3H3,(H,24,28)(H,25,27). The van der Waals surface area contributed by atoms with Crippen LogP contribution in [0.4, 0.5) is 11.4 Å². The van der Waals surface area contributed by atoms with E-state index < -0.39 is 5.41 Å². The highest BCUT2D eigenvalue weighted by Gasteiger charge is 2.21. The van der Waals surface area contributed by atoms with E-state index >= 15 is 0 Å². The normalized spacial score (nSPS) is 15.0. The Balaban J connectivity index is 1.70. The second-order valence-electron chi connectivity index (χ2n) is 8.28. The fourth-order valence-corrected chi connectivity index (χ4v) is 4.01. The van der Waals surface area contributed by atoms with E-state index in [-0.39, 0.29) is 11.8 Å². The minimum Gasteiger partial charge on any atom is -0.326 e. The maximum absolute atomic E-state index is 12.9. The van der Waals surface area contributed by atoms with Crippen LogP contribution in [0.2, 0.25) is 0 Å². The van der Waals surface area contributed by atoms with E-state index in [1.54, 1.807) is 24.3 Å². The number of amides is 2. The molecule has 29 heavy (non-hydrogen) atoms. The summed E-state index contributed by atoms with van der Waals surface area (Å²) in [5, 5.41) is 5.92. The topological polar surface area (TPSA) is 61.4 Å². The minimum atomic E-state index is -0.496. The number of hydrogen-bond acceptors (Lipinski definition) is 4. The Morgan fingerprint density at radius 3 is 2.45 bits per heavy atom. The lowest BCUT2D eigenvalue weighted by Gasteiger charge is -2.27. The molecule has 5 nitrogen and oxygen atoms in total. The Bertz CT molecular complexity index is 870. The van der Waals surface area contributed by atoms with Gasteiger partial charge >= 0.3 is 0 Å². The average Bonchev–Trinajstić information content (AvgIpc) is 2.70. The van der Waals surface area contributed by atoms with Crippen molar-refractivity contribution in [3.8, 4) is 0 Å². The van der Waals surface area contributed by atoms with Crippen molar-refractivity contribution >= 4 is 35.0 Å². The van der Waals surface area contributed by atoms with Crippen molar-refractivity contribution in [2.24, 2.45) is 5.41 Å². The zero-order chi connectivity index (χ0) is 20.9. The lowest BCUT2D eigenvalue weighted by atomic mass is 9.95. The molecule has 0 aliphatic carbocycles. The van der Waals surface area contributed by atoms with E-state index in [4.69, 9.17) is 0 Å². The molecule has 2 aromatic rings. The third-order valence-corrected chi connectivity index (χ3v) is 5.77. The molecule has 3 rings (SSSR count). The Morgan fingerprint density at radius 1 is 1.00 bits per heavy atom. The molecule has 1 heterocycles. The Hall–Kier alpha value is -2.31. The summed E-state index contributed by atoms with van der Waals surface area (Å²) in [6.45, 7) is 8.55. The number of hydrogen-bond donors (Lipinski definition) is 2. The molecule has 0 unspecified atom stereocenters. The van der Waals surface area contributed by atoms with E-state index in [1.807, 2.05) is 50.7 Å². The smallest absolute Gasteiger partial charge is 0.255 e. The van der Waals surface area contributed by atoms with Gasteiger partial charge in [0.15, 0.2) is 0 Å². The first-order chi connectivity index (χ1) is 13.8. The van der Waals surface area contributed by atoms with Gasteiger partial charge in [0.05, 0.1) is 0 Å². The van der Waals surface area contributed by atoms with Crippen LogP contribution in [-0.4, -0.2) is 41.3 Å². The molecule has 2 aromatic carbocycles. The van der Waals surface area contributed by atoms with Crippen molar-refractivity contribution in [3.63, 3.8) is 0 Å². The second kappa shape index (κ2) is 9.46. The van der Waals surface area contributed by atoms with Crippen LogP contribution in [0.5, 0.6) is 0 Å². The molecule has 1 aliphatic heterocycles. The van der Waals surface area contributed by atoms with Crippen LogP contribution in [0.1, 0.15) is 36.7 Å². The van der Waals surface area contributed by atoms with Gasteiger partial charge in [-0.3, -0.25) is 14.5 Å². The predicted octanol–water partition coefficient (Wildman–Crippen LogP) is 4.47. The molecule has 2 amide bonds. The van der Waals surface area contributed by atoms with Crippen molar-refractivity contribution in [2.75, 3.05) is 35.2 Å². The number of thioether (sulfide) groups is 1. The molecule has 0 bridgehead atoms. The summed E-state index contributed by atoms with van der Waals surface area (Å²) in [6, 6.07) is 15.0. The molecular weight excluding hydrogens is 382 g/mol. The molecule has 2 N–H and O–H groups in total. The summed E-state index contributed by atoms with van der Waals surface area (Å²) in [4.78, 5) is 27.5. The average molecular weight is 412 g/mol. The number of nitrogens with one attached hydrogen (secondary N) is 2. The number of anilines is 2. The first-order valence-corrected chi connectivity index (χ1v) is 11.1. The van der Waals surface area contributed by atoms with Gasteiger partial charge in [-0.2, -0.15) is 11.8 Å². The molecule has 0 aromatic heterocycles. The van der Waals surface area contributed by atoms with Crippen LogP contribution in [0.3, 0.4) is 0 Å². The predicted molar refractivity (Wildman–Crippen MR) is 122 cm³/mol. The summed E-state index contributed by atoms with van der Waals surface area (Å²) in [7, 11) is 0. The highest BCUT2D eigenvalue weighted by atomic mass is 32.2. The van der Waals surface area contributed by atoms with E-state index in [0.717, 1.165) is 42.4 Å². The third kappa shape index (κ3) is 6.08. The highest BCUT2D eigenvalue weighted by Crippen LogP contribution is 2.22. The van der Waals surface area contributed by atoms with Crippen molar-refractivity contribution in [1.29, 1.82) is 0 Å². The van der Waals surface area contributed by atoms with Crippen molar-refractivity contribution in [1.82, 2.24) is 4.90 Å². The number of benzene rings is 2. The van der Waals surface area contributed by atoms with Crippen molar-refractivity contribution < 1.29 is 9.59 Å². The second-order valence-corrected chi connectivity index (χ2v) is 9.51. The number of carbonyl (C=O) groups excluding carboxylic acids is 2. The molecule has 0 radical (unpaired) electrons. The van der Waals surface area contributed by atoms with Gasteiger partial charge in [0.2, 0.25) is 5.91 Å². The maximum atomic E-state index is 12.9. The van der Waals surface area contributed by atoms with E-state index in [9.17, 15) is 9.59 Å². The molecule has 6 heteroatoms. The molecule has 0 saturated carbocycles. The monoisotopic (exact) mass is 411 g/mol. The van der Waals surface area contributed by atoms with Gasteiger partial charge in [0.1, 0.15) is 0 Å². The van der Waals surface area contributed by atoms with Gasteiger partial charge in [0.25, 0.3) is 5.91 Å². The van der Waals surface area contributed by atoms with Crippen molar-refractivity contribution in [3.05, 3.63) is 59.7 Å². The lowest BCUT2D eigenvalue weighted by Crippen LogP contribution is -2.32. The van der Waals surface area contributed by atoms with E-state index in [2.05, 4.69) is 21.6 Å². The molecular formula is C23H29N3O2S. The van der Waals surface area contributed by atoms with E-state index in [1.165, 1.54) is 0 Å². The van der Waals surface area contributed by atoms with Crippen molar-refractivity contribution in [2.45, 2.75) is 27.3 Å². The number of nitrogens with zero attached hydrogens (tertiary/aromatic N) is 1. The zero-order valence-corrected chi connectivity index (χ0v) is 18.1. The van der Waals surface area contributed by atoms with Gasteiger partial charge in [-0.25, -0.2) is 0 Å². The lowest BCUT2D eigenvalue weighted by molar-refractivity contribution is -0.123. The third-order valence-electron chi connectivity index (χ3n) is 4.83. The summed E-state index contributed by atoms with van der Waals surface area (Å²) < 4.78 is 0.